The minimum Gasteiger partial charge on any atom is -0.481 e. The van der Waals surface area contributed by atoms with Gasteiger partial charge >= 0.3 is 5.97 Å². The molecule has 0 unspecified atom stereocenters. The molecule has 0 aliphatic carbocycles. The summed E-state index contributed by atoms with van der Waals surface area (Å²) in [5, 5.41) is 14.0. The van der Waals surface area contributed by atoms with E-state index in [0.717, 1.165) is 53.8 Å². The van der Waals surface area contributed by atoms with Gasteiger partial charge < -0.3 is 5.11 Å². The molecular weight excluding hydrogens is 374 g/mol. The Kier molecular flexibility index (Phi) is 6.59. The van der Waals surface area contributed by atoms with Gasteiger partial charge in [0.15, 0.2) is 5.65 Å². The first-order valence-electron chi connectivity index (χ1n) is 10.9. The first-order valence-corrected chi connectivity index (χ1v) is 10.9. The van der Waals surface area contributed by atoms with Crippen molar-refractivity contribution in [1.82, 2.24) is 14.6 Å². The number of aryl methyl sites for hydroxylation is 6. The number of carbonyl (C=O) groups is 1. The van der Waals surface area contributed by atoms with Crippen molar-refractivity contribution in [2.24, 2.45) is 0 Å². The topological polar surface area (TPSA) is 67.5 Å². The summed E-state index contributed by atoms with van der Waals surface area (Å²) in [6.45, 7) is 12.7. The molecule has 0 atom stereocenters. The maximum absolute atomic E-state index is 11.0. The molecule has 0 aliphatic heterocycles. The summed E-state index contributed by atoms with van der Waals surface area (Å²) in [7, 11) is 0. The zero-order valence-corrected chi connectivity index (χ0v) is 19.1. The number of carboxylic acids is 1. The lowest BCUT2D eigenvalue weighted by atomic mass is 9.93. The summed E-state index contributed by atoms with van der Waals surface area (Å²) in [5.41, 5.74) is 11.3. The van der Waals surface area contributed by atoms with Crippen LogP contribution in [0.25, 0.3) is 16.8 Å². The van der Waals surface area contributed by atoms with Crippen LogP contribution in [0, 0.1) is 34.6 Å². The van der Waals surface area contributed by atoms with Gasteiger partial charge in [0.1, 0.15) is 0 Å². The molecule has 5 heteroatoms. The highest BCUT2D eigenvalue weighted by Gasteiger charge is 2.22. The van der Waals surface area contributed by atoms with Crippen molar-refractivity contribution < 1.29 is 9.90 Å². The number of aliphatic carboxylic acids is 1. The van der Waals surface area contributed by atoms with Crippen LogP contribution in [-0.2, 0) is 17.6 Å². The largest absolute Gasteiger partial charge is 0.481 e. The molecule has 0 amide bonds. The molecule has 1 aromatic carbocycles. The number of aromatic nitrogens is 3. The van der Waals surface area contributed by atoms with Crippen molar-refractivity contribution in [3.63, 3.8) is 0 Å². The number of rotatable bonds is 8. The molecule has 2 aromatic heterocycles. The number of hydrogen-bond acceptors (Lipinski definition) is 3. The fraction of sp³-hybridized carbons (Fsp3) is 0.480. The standard InChI is InChI=1S/C25H33N3O2/c1-7-8-11-21-20(10-9-12-22(29)30)18(5)26-25-24(19(6)27-28(21)25)23-16(3)13-15(2)14-17(23)4/h13-14H,7-12H2,1-6H3,(H,29,30). The number of benzene rings is 1. The molecule has 0 saturated heterocycles. The molecule has 0 saturated carbocycles. The minimum absolute atomic E-state index is 0.176. The second-order valence-corrected chi connectivity index (χ2v) is 8.44. The van der Waals surface area contributed by atoms with Gasteiger partial charge in [-0.15, -0.1) is 0 Å². The van der Waals surface area contributed by atoms with Crippen molar-refractivity contribution in [2.75, 3.05) is 0 Å². The maximum Gasteiger partial charge on any atom is 0.303 e. The van der Waals surface area contributed by atoms with Crippen LogP contribution in [0.4, 0.5) is 0 Å². The van der Waals surface area contributed by atoms with Gasteiger partial charge in [-0.2, -0.15) is 5.10 Å². The van der Waals surface area contributed by atoms with Gasteiger partial charge in [-0.3, -0.25) is 4.79 Å². The molecule has 160 valence electrons. The Hall–Kier alpha value is -2.69. The number of unbranched alkanes of at least 4 members (excludes halogenated alkanes) is 1. The summed E-state index contributed by atoms with van der Waals surface area (Å²) in [4.78, 5) is 16.0. The van der Waals surface area contributed by atoms with E-state index < -0.39 is 5.97 Å². The van der Waals surface area contributed by atoms with Gasteiger partial charge in [0.05, 0.1) is 11.3 Å². The molecular formula is C25H33N3O2. The van der Waals surface area contributed by atoms with Crippen LogP contribution in [0.5, 0.6) is 0 Å². The maximum atomic E-state index is 11.0. The molecule has 5 nitrogen and oxygen atoms in total. The van der Waals surface area contributed by atoms with Crippen molar-refractivity contribution >= 4 is 11.6 Å². The average Bonchev–Trinajstić information content (AvgIpc) is 2.96. The predicted molar refractivity (Wildman–Crippen MR) is 121 cm³/mol. The van der Waals surface area contributed by atoms with Crippen LogP contribution in [0.15, 0.2) is 12.1 Å². The van der Waals surface area contributed by atoms with E-state index in [1.165, 1.54) is 27.9 Å². The zero-order valence-electron chi connectivity index (χ0n) is 19.1. The van der Waals surface area contributed by atoms with Crippen molar-refractivity contribution in [3.8, 4) is 11.1 Å². The Morgan fingerprint density at radius 1 is 0.967 bits per heavy atom. The second kappa shape index (κ2) is 8.99. The molecule has 1 N–H and O–H groups in total. The van der Waals surface area contributed by atoms with Gasteiger partial charge in [0.25, 0.3) is 0 Å². The normalized spacial score (nSPS) is 11.4. The van der Waals surface area contributed by atoms with Crippen LogP contribution in [-0.4, -0.2) is 25.7 Å². The fourth-order valence-electron chi connectivity index (χ4n) is 4.58. The van der Waals surface area contributed by atoms with Gasteiger partial charge in [0.2, 0.25) is 0 Å². The van der Waals surface area contributed by atoms with Crippen molar-refractivity contribution in [1.29, 1.82) is 0 Å². The molecule has 3 aromatic rings. The van der Waals surface area contributed by atoms with E-state index in [4.69, 9.17) is 15.2 Å². The first-order chi connectivity index (χ1) is 14.2. The highest BCUT2D eigenvalue weighted by Crippen LogP contribution is 2.35. The third kappa shape index (κ3) is 4.25. The minimum atomic E-state index is -0.751. The number of hydrogen-bond donors (Lipinski definition) is 1. The van der Waals surface area contributed by atoms with E-state index >= 15 is 0 Å². The summed E-state index contributed by atoms with van der Waals surface area (Å²) in [5.74, 6) is -0.751. The third-order valence-electron chi connectivity index (χ3n) is 5.86. The predicted octanol–water partition coefficient (Wildman–Crippen LogP) is 5.69. The highest BCUT2D eigenvalue weighted by atomic mass is 16.4. The van der Waals surface area contributed by atoms with Gasteiger partial charge in [-0.25, -0.2) is 9.50 Å². The lowest BCUT2D eigenvalue weighted by Gasteiger charge is -2.15. The van der Waals surface area contributed by atoms with E-state index in [-0.39, 0.29) is 6.42 Å². The van der Waals surface area contributed by atoms with E-state index in [2.05, 4.69) is 46.8 Å². The SMILES string of the molecule is CCCCc1c(CCCC(=O)O)c(C)nc2c(-c3c(C)cc(C)cc3C)c(C)nn12. The van der Waals surface area contributed by atoms with Gasteiger partial charge in [-0.1, -0.05) is 31.0 Å². The van der Waals surface area contributed by atoms with Crippen LogP contribution < -0.4 is 0 Å². The van der Waals surface area contributed by atoms with Crippen molar-refractivity contribution in [3.05, 3.63) is 51.5 Å². The van der Waals surface area contributed by atoms with Crippen LogP contribution in [0.3, 0.4) is 0 Å². The highest BCUT2D eigenvalue weighted by molar-refractivity contribution is 5.84. The number of carboxylic acid groups (broad SMARTS) is 1. The third-order valence-corrected chi connectivity index (χ3v) is 5.86. The summed E-state index contributed by atoms with van der Waals surface area (Å²) in [6, 6.07) is 4.44. The molecule has 2 heterocycles. The Morgan fingerprint density at radius 2 is 1.63 bits per heavy atom. The van der Waals surface area contributed by atoms with Crippen molar-refractivity contribution in [2.45, 2.75) is 80.1 Å². The van der Waals surface area contributed by atoms with E-state index in [1.807, 2.05) is 11.4 Å². The van der Waals surface area contributed by atoms with E-state index in [1.54, 1.807) is 0 Å². The first kappa shape index (κ1) is 22.0. The lowest BCUT2D eigenvalue weighted by molar-refractivity contribution is -0.137. The second-order valence-electron chi connectivity index (χ2n) is 8.44. The number of fused-ring (bicyclic) bond motifs is 1. The molecule has 0 aliphatic rings. The molecule has 0 fully saturated rings. The van der Waals surface area contributed by atoms with Gasteiger partial charge in [0, 0.05) is 17.8 Å². The quantitative estimate of drug-likeness (QED) is 0.521. The average molecular weight is 408 g/mol. The summed E-state index contributed by atoms with van der Waals surface area (Å²) in [6.07, 6.45) is 4.60. The summed E-state index contributed by atoms with van der Waals surface area (Å²) < 4.78 is 2.03. The molecule has 0 bridgehead atoms. The zero-order chi connectivity index (χ0) is 22.0. The monoisotopic (exact) mass is 407 g/mol. The number of nitrogens with zero attached hydrogens (tertiary/aromatic N) is 3. The molecule has 0 radical (unpaired) electrons. The smallest absolute Gasteiger partial charge is 0.303 e. The van der Waals surface area contributed by atoms with Crippen LogP contribution in [0.2, 0.25) is 0 Å². The van der Waals surface area contributed by atoms with E-state index in [9.17, 15) is 4.79 Å². The Bertz CT molecular complexity index is 1070. The van der Waals surface area contributed by atoms with Gasteiger partial charge in [-0.05, 0) is 82.6 Å². The molecule has 0 spiro atoms. The van der Waals surface area contributed by atoms with E-state index in [0.29, 0.717) is 6.42 Å². The Morgan fingerprint density at radius 3 is 2.23 bits per heavy atom. The fourth-order valence-corrected chi connectivity index (χ4v) is 4.58. The lowest BCUT2D eigenvalue weighted by Crippen LogP contribution is -2.10. The molecule has 3 rings (SSSR count). The van der Waals surface area contributed by atoms with Crippen LogP contribution >= 0.6 is 0 Å². The van der Waals surface area contributed by atoms with Crippen LogP contribution in [0.1, 0.15) is 71.9 Å². The Balaban J connectivity index is 2.23. The molecule has 30 heavy (non-hydrogen) atoms. The Labute approximate surface area is 179 Å². The summed E-state index contributed by atoms with van der Waals surface area (Å²) >= 11 is 0.